The zero-order valence-electron chi connectivity index (χ0n) is 8.80. The van der Waals surface area contributed by atoms with Crippen molar-refractivity contribution in [1.82, 2.24) is 0 Å². The Hall–Kier alpha value is -1.91. The lowest BCUT2D eigenvalue weighted by molar-refractivity contribution is -0.153. The third kappa shape index (κ3) is 2.36. The van der Waals surface area contributed by atoms with Crippen LogP contribution < -0.4 is 0 Å². The number of ether oxygens (including phenoxy) is 1. The van der Waals surface area contributed by atoms with Crippen LogP contribution in [0.3, 0.4) is 0 Å². The van der Waals surface area contributed by atoms with Crippen molar-refractivity contribution in [1.29, 1.82) is 0 Å². The lowest BCUT2D eigenvalue weighted by atomic mass is 9.79. The Kier molecular flexibility index (Phi) is 3.60. The molecule has 0 aromatic carbocycles. The Morgan fingerprint density at radius 1 is 1.31 bits per heavy atom. The number of Topliss-reactive ketones (excluding diaryl/α,β-unsaturated/α-hetero) is 1. The van der Waals surface area contributed by atoms with Crippen molar-refractivity contribution in [3.8, 4) is 0 Å². The molecule has 0 saturated carbocycles. The van der Waals surface area contributed by atoms with Gasteiger partial charge in [-0.2, -0.15) is 0 Å². The second-order valence-electron chi connectivity index (χ2n) is 3.48. The molecule has 86 valence electrons. The Labute approximate surface area is 92.4 Å². The molecule has 1 N–H and O–H groups in total. The molecule has 0 aromatic heterocycles. The van der Waals surface area contributed by atoms with Crippen LogP contribution in [0.25, 0.3) is 0 Å². The minimum atomic E-state index is -1.55. The first-order chi connectivity index (χ1) is 7.52. The van der Waals surface area contributed by atoms with Crippen LogP contribution >= 0.6 is 0 Å². The van der Waals surface area contributed by atoms with E-state index in [2.05, 4.69) is 4.74 Å². The van der Waals surface area contributed by atoms with Crippen molar-refractivity contribution < 1.29 is 24.2 Å². The van der Waals surface area contributed by atoms with Crippen LogP contribution in [0.4, 0.5) is 0 Å². The standard InChI is InChI=1S/C11H12O5/c1-16-10(15)11(5-3-2-4-6-11)7-8(12)9(13)14/h3-6H,2,7H2,1H3,(H,13,14). The largest absolute Gasteiger partial charge is 0.476 e. The summed E-state index contributed by atoms with van der Waals surface area (Å²) in [5, 5.41) is 8.53. The van der Waals surface area contributed by atoms with Crippen molar-refractivity contribution in [3.63, 3.8) is 0 Å². The fourth-order valence-electron chi connectivity index (χ4n) is 1.55. The molecule has 0 radical (unpaired) electrons. The lowest BCUT2D eigenvalue weighted by Crippen LogP contribution is -2.34. The molecule has 0 atom stereocenters. The van der Waals surface area contributed by atoms with Gasteiger partial charge in [0.25, 0.3) is 0 Å². The number of aliphatic carboxylic acids is 1. The Balaban J connectivity index is 2.97. The minimum absolute atomic E-state index is 0.415. The van der Waals surface area contributed by atoms with Crippen molar-refractivity contribution in [2.24, 2.45) is 5.41 Å². The predicted molar refractivity (Wildman–Crippen MR) is 54.6 cm³/mol. The molecule has 1 aliphatic carbocycles. The van der Waals surface area contributed by atoms with E-state index in [1.54, 1.807) is 12.2 Å². The van der Waals surface area contributed by atoms with E-state index in [1.807, 2.05) is 0 Å². The van der Waals surface area contributed by atoms with Gasteiger partial charge in [-0.25, -0.2) is 4.79 Å². The van der Waals surface area contributed by atoms with Gasteiger partial charge in [-0.1, -0.05) is 24.3 Å². The van der Waals surface area contributed by atoms with E-state index in [1.165, 1.54) is 19.3 Å². The highest BCUT2D eigenvalue weighted by Crippen LogP contribution is 2.31. The van der Waals surface area contributed by atoms with Crippen molar-refractivity contribution in [2.45, 2.75) is 12.8 Å². The van der Waals surface area contributed by atoms with Crippen LogP contribution in [0, 0.1) is 5.41 Å². The predicted octanol–water partition coefficient (Wildman–Crippen LogP) is 0.706. The smallest absolute Gasteiger partial charge is 0.372 e. The first-order valence-corrected chi connectivity index (χ1v) is 4.72. The molecule has 0 amide bonds. The third-order valence-corrected chi connectivity index (χ3v) is 2.36. The summed E-state index contributed by atoms with van der Waals surface area (Å²) in [7, 11) is 1.20. The highest BCUT2D eigenvalue weighted by molar-refractivity contribution is 6.33. The summed E-state index contributed by atoms with van der Waals surface area (Å²) in [5.74, 6) is -3.19. The molecule has 1 aliphatic rings. The molecule has 0 unspecified atom stereocenters. The van der Waals surface area contributed by atoms with Crippen LogP contribution in [0.1, 0.15) is 12.8 Å². The summed E-state index contributed by atoms with van der Waals surface area (Å²) in [5.41, 5.74) is -1.26. The number of hydrogen-bond acceptors (Lipinski definition) is 4. The summed E-state index contributed by atoms with van der Waals surface area (Å²) in [4.78, 5) is 33.2. The molecule has 0 aliphatic heterocycles. The van der Waals surface area contributed by atoms with E-state index in [0.717, 1.165) is 0 Å². The minimum Gasteiger partial charge on any atom is -0.476 e. The van der Waals surface area contributed by atoms with Gasteiger partial charge in [-0.15, -0.1) is 0 Å². The quantitative estimate of drug-likeness (QED) is 0.432. The highest BCUT2D eigenvalue weighted by atomic mass is 16.5. The second kappa shape index (κ2) is 4.74. The fraction of sp³-hybridized carbons (Fsp3) is 0.364. The van der Waals surface area contributed by atoms with Crippen LogP contribution in [-0.4, -0.2) is 29.9 Å². The summed E-state index contributed by atoms with van der Waals surface area (Å²) in [6.45, 7) is 0. The van der Waals surface area contributed by atoms with E-state index >= 15 is 0 Å². The molecular formula is C11H12O5. The number of carbonyl (C=O) groups is 3. The molecule has 16 heavy (non-hydrogen) atoms. The zero-order chi connectivity index (χ0) is 12.2. The SMILES string of the molecule is COC(=O)C1(CC(=O)C(=O)O)C=CCC=C1. The molecule has 1 rings (SSSR count). The van der Waals surface area contributed by atoms with Gasteiger partial charge < -0.3 is 9.84 Å². The number of methoxy groups -OCH3 is 1. The average Bonchev–Trinajstić information content (AvgIpc) is 2.29. The van der Waals surface area contributed by atoms with Crippen molar-refractivity contribution in [2.75, 3.05) is 7.11 Å². The van der Waals surface area contributed by atoms with Gasteiger partial charge in [0.2, 0.25) is 5.78 Å². The van der Waals surface area contributed by atoms with Crippen LogP contribution in [-0.2, 0) is 19.1 Å². The summed E-state index contributed by atoms with van der Waals surface area (Å²) >= 11 is 0. The van der Waals surface area contributed by atoms with Gasteiger partial charge in [0.1, 0.15) is 5.41 Å². The van der Waals surface area contributed by atoms with Gasteiger partial charge in [0, 0.05) is 6.42 Å². The lowest BCUT2D eigenvalue weighted by Gasteiger charge is -2.24. The number of carbonyl (C=O) groups excluding carboxylic acids is 2. The molecule has 5 heteroatoms. The molecule has 5 nitrogen and oxygen atoms in total. The van der Waals surface area contributed by atoms with E-state index < -0.39 is 29.6 Å². The molecule has 0 aromatic rings. The molecular weight excluding hydrogens is 212 g/mol. The van der Waals surface area contributed by atoms with E-state index in [-0.39, 0.29) is 0 Å². The fourth-order valence-corrected chi connectivity index (χ4v) is 1.55. The van der Waals surface area contributed by atoms with Gasteiger partial charge in [0.05, 0.1) is 7.11 Å². The number of rotatable bonds is 4. The van der Waals surface area contributed by atoms with E-state index in [0.29, 0.717) is 6.42 Å². The van der Waals surface area contributed by atoms with Crippen LogP contribution in [0.5, 0.6) is 0 Å². The summed E-state index contributed by atoms with van der Waals surface area (Å²) in [6.07, 6.45) is 6.67. The Morgan fingerprint density at radius 3 is 2.31 bits per heavy atom. The van der Waals surface area contributed by atoms with Gasteiger partial charge in [0.15, 0.2) is 0 Å². The monoisotopic (exact) mass is 224 g/mol. The number of allylic oxidation sites excluding steroid dienone is 2. The number of hydrogen-bond donors (Lipinski definition) is 1. The van der Waals surface area contributed by atoms with E-state index in [9.17, 15) is 14.4 Å². The molecule has 0 saturated heterocycles. The zero-order valence-corrected chi connectivity index (χ0v) is 8.80. The summed E-state index contributed by atoms with van der Waals surface area (Å²) < 4.78 is 4.59. The number of esters is 1. The normalized spacial score (nSPS) is 16.8. The Morgan fingerprint density at radius 2 is 1.88 bits per heavy atom. The maximum Gasteiger partial charge on any atom is 0.372 e. The highest BCUT2D eigenvalue weighted by Gasteiger charge is 2.39. The van der Waals surface area contributed by atoms with Crippen molar-refractivity contribution in [3.05, 3.63) is 24.3 Å². The first kappa shape index (κ1) is 12.2. The topological polar surface area (TPSA) is 80.7 Å². The molecule has 0 fully saturated rings. The van der Waals surface area contributed by atoms with Gasteiger partial charge >= 0.3 is 11.9 Å². The van der Waals surface area contributed by atoms with Crippen LogP contribution in [0.15, 0.2) is 24.3 Å². The number of carboxylic acid groups (broad SMARTS) is 1. The van der Waals surface area contributed by atoms with Crippen molar-refractivity contribution >= 4 is 17.7 Å². The molecule has 0 heterocycles. The molecule has 0 spiro atoms. The average molecular weight is 224 g/mol. The van der Waals surface area contributed by atoms with E-state index in [4.69, 9.17) is 5.11 Å². The molecule has 0 bridgehead atoms. The summed E-state index contributed by atoms with van der Waals surface area (Å²) in [6, 6.07) is 0. The second-order valence-corrected chi connectivity index (χ2v) is 3.48. The first-order valence-electron chi connectivity index (χ1n) is 4.72. The van der Waals surface area contributed by atoms with Crippen LogP contribution in [0.2, 0.25) is 0 Å². The van der Waals surface area contributed by atoms with Gasteiger partial charge in [-0.05, 0) is 6.42 Å². The maximum absolute atomic E-state index is 11.6. The third-order valence-electron chi connectivity index (χ3n) is 2.36. The number of carboxylic acids is 1. The number of ketones is 1. The van der Waals surface area contributed by atoms with Gasteiger partial charge in [-0.3, -0.25) is 9.59 Å². The Bertz CT molecular complexity index is 366. The maximum atomic E-state index is 11.6.